The fraction of sp³-hybridized carbons (Fsp3) is 0.600. The van der Waals surface area contributed by atoms with Crippen LogP contribution in [0.15, 0.2) is 23.1 Å². The fourth-order valence-electron chi connectivity index (χ4n) is 5.62. The van der Waals surface area contributed by atoms with Crippen LogP contribution in [0.25, 0.3) is 5.65 Å². The Morgan fingerprint density at radius 1 is 1.18 bits per heavy atom. The number of alkyl halides is 5. The predicted octanol–water partition coefficient (Wildman–Crippen LogP) is 4.63. The molecule has 1 aliphatic heterocycles. The van der Waals surface area contributed by atoms with Crippen molar-refractivity contribution in [2.24, 2.45) is 5.92 Å². The number of fused-ring (bicyclic) bond motifs is 1. The van der Waals surface area contributed by atoms with E-state index < -0.39 is 36.6 Å². The summed E-state index contributed by atoms with van der Waals surface area (Å²) in [5.41, 5.74) is 2.02. The lowest BCUT2D eigenvalue weighted by atomic mass is 9.75. The molecule has 3 aromatic rings. The second kappa shape index (κ2) is 9.77. The fourth-order valence-corrected chi connectivity index (χ4v) is 5.62. The van der Waals surface area contributed by atoms with Crippen LogP contribution >= 0.6 is 0 Å². The summed E-state index contributed by atoms with van der Waals surface area (Å²) in [6.45, 7) is -0.629. The van der Waals surface area contributed by atoms with Crippen LogP contribution in [-0.2, 0) is 6.54 Å². The third-order valence-corrected chi connectivity index (χ3v) is 8.01. The predicted molar refractivity (Wildman–Crippen MR) is 127 cm³/mol. The van der Waals surface area contributed by atoms with Crippen LogP contribution in [-0.4, -0.2) is 66.3 Å². The zero-order valence-electron chi connectivity index (χ0n) is 21.2. The maximum atomic E-state index is 14.0. The summed E-state index contributed by atoms with van der Waals surface area (Å²) in [6, 6.07) is -1.17. The quantitative estimate of drug-likeness (QED) is 0.312. The number of aromatic nitrogens is 5. The Hall–Kier alpha value is -3.65. The molecule has 40 heavy (non-hydrogen) atoms. The van der Waals surface area contributed by atoms with Crippen molar-refractivity contribution in [3.05, 3.63) is 41.1 Å². The van der Waals surface area contributed by atoms with E-state index in [2.05, 4.69) is 20.4 Å². The first kappa shape index (κ1) is 26.6. The van der Waals surface area contributed by atoms with Crippen molar-refractivity contribution in [2.75, 3.05) is 6.54 Å². The third-order valence-electron chi connectivity index (χ3n) is 8.01. The minimum Gasteiger partial charge on any atom is -0.324 e. The molecule has 0 aromatic carbocycles. The van der Waals surface area contributed by atoms with Crippen LogP contribution in [0.1, 0.15) is 84.2 Å². The molecule has 4 heterocycles. The summed E-state index contributed by atoms with van der Waals surface area (Å²) < 4.78 is 73.3. The lowest BCUT2D eigenvalue weighted by Crippen LogP contribution is -2.40. The summed E-state index contributed by atoms with van der Waals surface area (Å²) in [4.78, 5) is 31.1. The normalized spacial score (nSPS) is 22.6. The number of carbonyl (C=O) groups is 2. The van der Waals surface area contributed by atoms with Gasteiger partial charge in [-0.2, -0.15) is 18.3 Å². The van der Waals surface area contributed by atoms with Crippen LogP contribution in [0.2, 0.25) is 0 Å². The molecule has 2 saturated carbocycles. The second-order valence-electron chi connectivity index (χ2n) is 11.0. The minimum absolute atomic E-state index is 0.0201. The van der Waals surface area contributed by atoms with Crippen LogP contribution < -0.4 is 5.32 Å². The van der Waals surface area contributed by atoms with E-state index in [0.29, 0.717) is 22.6 Å². The van der Waals surface area contributed by atoms with Crippen LogP contribution in [0.4, 0.5) is 26.7 Å². The topological polar surface area (TPSA) is 119 Å². The van der Waals surface area contributed by atoms with Crippen LogP contribution in [0.3, 0.4) is 0 Å². The second-order valence-corrected chi connectivity index (χ2v) is 11.0. The SMILES string of the molecule is O=C(C[C@H](c1cn2ncc(CN3C[C@@H](C(F)(F)F)NC3=O)cc2n1)C1CCC(F)(F)CC1)c1nonc1C1CC1. The van der Waals surface area contributed by atoms with E-state index in [-0.39, 0.29) is 62.0 Å². The van der Waals surface area contributed by atoms with Gasteiger partial charge in [-0.15, -0.1) is 0 Å². The van der Waals surface area contributed by atoms with Gasteiger partial charge in [0.25, 0.3) is 0 Å². The first-order chi connectivity index (χ1) is 19.0. The van der Waals surface area contributed by atoms with Gasteiger partial charge in [0.05, 0.1) is 24.6 Å². The van der Waals surface area contributed by atoms with Crippen molar-refractivity contribution in [3.8, 4) is 0 Å². The van der Waals surface area contributed by atoms with Gasteiger partial charge in [0.2, 0.25) is 5.92 Å². The van der Waals surface area contributed by atoms with Crippen molar-refractivity contribution in [1.82, 2.24) is 35.1 Å². The molecule has 3 aliphatic rings. The Labute approximate surface area is 224 Å². The number of nitrogens with zero attached hydrogens (tertiary/aromatic N) is 6. The highest BCUT2D eigenvalue weighted by Crippen LogP contribution is 2.45. The van der Waals surface area contributed by atoms with Gasteiger partial charge in [-0.05, 0) is 48.4 Å². The molecule has 2 atom stereocenters. The first-order valence-corrected chi connectivity index (χ1v) is 13.2. The maximum Gasteiger partial charge on any atom is 0.410 e. The lowest BCUT2D eigenvalue weighted by Gasteiger charge is -2.32. The molecular weight excluding hydrogens is 541 g/mol. The molecule has 10 nitrogen and oxygen atoms in total. The number of nitrogens with one attached hydrogen (secondary N) is 1. The van der Waals surface area contributed by atoms with Crippen molar-refractivity contribution in [3.63, 3.8) is 0 Å². The molecule has 15 heteroatoms. The van der Waals surface area contributed by atoms with E-state index in [1.807, 2.05) is 5.32 Å². The molecule has 214 valence electrons. The van der Waals surface area contributed by atoms with Crippen molar-refractivity contribution in [2.45, 2.75) is 81.5 Å². The smallest absolute Gasteiger partial charge is 0.324 e. The van der Waals surface area contributed by atoms with E-state index in [0.717, 1.165) is 17.7 Å². The molecule has 1 N–H and O–H groups in total. The van der Waals surface area contributed by atoms with Gasteiger partial charge in [0, 0.05) is 37.6 Å². The summed E-state index contributed by atoms with van der Waals surface area (Å²) in [7, 11) is 0. The number of imidazole rings is 1. The average Bonchev–Trinajstić information content (AvgIpc) is 3.28. The van der Waals surface area contributed by atoms with Gasteiger partial charge >= 0.3 is 12.2 Å². The highest BCUT2D eigenvalue weighted by Gasteiger charge is 2.47. The number of amides is 2. The lowest BCUT2D eigenvalue weighted by molar-refractivity contribution is -0.149. The van der Waals surface area contributed by atoms with Gasteiger partial charge in [-0.3, -0.25) is 4.79 Å². The molecule has 6 rings (SSSR count). The monoisotopic (exact) mass is 567 g/mol. The Morgan fingerprint density at radius 3 is 2.60 bits per heavy atom. The Kier molecular flexibility index (Phi) is 6.49. The highest BCUT2D eigenvalue weighted by atomic mass is 19.4. The summed E-state index contributed by atoms with van der Waals surface area (Å²) >= 11 is 0. The molecule has 0 unspecified atom stereocenters. The van der Waals surface area contributed by atoms with Gasteiger partial charge in [-0.1, -0.05) is 5.16 Å². The molecule has 2 aliphatic carbocycles. The Bertz CT molecular complexity index is 1420. The minimum atomic E-state index is -4.55. The maximum absolute atomic E-state index is 14.0. The number of urea groups is 1. The number of carbonyl (C=O) groups excluding carboxylic acids is 2. The molecule has 1 saturated heterocycles. The molecule has 2 amide bonds. The molecule has 0 bridgehead atoms. The number of Topliss-reactive ketones (excluding diaryl/α,β-unsaturated/α-hetero) is 1. The average molecular weight is 568 g/mol. The summed E-state index contributed by atoms with van der Waals surface area (Å²) in [5, 5.41) is 13.9. The molecule has 3 aromatic heterocycles. The molecule has 0 radical (unpaired) electrons. The number of halogens is 5. The highest BCUT2D eigenvalue weighted by molar-refractivity contribution is 5.95. The van der Waals surface area contributed by atoms with Gasteiger partial charge in [0.15, 0.2) is 17.1 Å². The summed E-state index contributed by atoms with van der Waals surface area (Å²) in [5.74, 6) is -3.63. The van der Waals surface area contributed by atoms with Crippen molar-refractivity contribution >= 4 is 17.5 Å². The van der Waals surface area contributed by atoms with Gasteiger partial charge in [-0.25, -0.2) is 27.7 Å². The largest absolute Gasteiger partial charge is 0.410 e. The van der Waals surface area contributed by atoms with Crippen LogP contribution in [0.5, 0.6) is 0 Å². The molecular formula is C25H26F5N7O3. The molecule has 3 fully saturated rings. The Morgan fingerprint density at radius 2 is 1.93 bits per heavy atom. The van der Waals surface area contributed by atoms with Gasteiger partial charge < -0.3 is 10.2 Å². The number of hydrogen-bond donors (Lipinski definition) is 1. The third kappa shape index (κ3) is 5.37. The van der Waals surface area contributed by atoms with E-state index >= 15 is 0 Å². The number of ketones is 1. The zero-order valence-corrected chi connectivity index (χ0v) is 21.2. The van der Waals surface area contributed by atoms with E-state index in [9.17, 15) is 31.5 Å². The number of rotatable bonds is 8. The zero-order chi connectivity index (χ0) is 28.2. The van der Waals surface area contributed by atoms with Crippen molar-refractivity contribution in [1.29, 1.82) is 0 Å². The van der Waals surface area contributed by atoms with Gasteiger partial charge in [0.1, 0.15) is 11.7 Å². The van der Waals surface area contributed by atoms with Crippen molar-refractivity contribution < 1.29 is 36.2 Å². The molecule has 0 spiro atoms. The Balaban J connectivity index is 1.24. The first-order valence-electron chi connectivity index (χ1n) is 13.2. The van der Waals surface area contributed by atoms with E-state index in [1.54, 1.807) is 12.3 Å². The standard InChI is InChI=1S/C25H26F5N7O3/c26-24(27)5-3-14(4-6-24)16(8-18(38)22-21(15-1-2-15)34-40-35-22)17-11-37-20(32-17)7-13(9-31-37)10-36-12-19(25(28,29)30)33-23(36)39/h7,9,11,14-16,19H,1-6,8,10,12H2,(H,33,39)/t16-,19-/m0/s1. The van der Waals surface area contributed by atoms with Crippen LogP contribution in [0, 0.1) is 5.92 Å². The van der Waals surface area contributed by atoms with E-state index in [4.69, 9.17) is 4.63 Å². The van der Waals surface area contributed by atoms with E-state index in [1.165, 1.54) is 10.7 Å². The number of hydrogen-bond acceptors (Lipinski definition) is 7. The summed E-state index contributed by atoms with van der Waals surface area (Å²) in [6.07, 6.45) is 0.143.